The van der Waals surface area contributed by atoms with Crippen LogP contribution in [0.2, 0.25) is 5.02 Å². The van der Waals surface area contributed by atoms with Crippen molar-refractivity contribution in [1.82, 2.24) is 0 Å². The number of nitrogens with zero attached hydrogens (tertiary/aromatic N) is 1. The molecule has 0 atom stereocenters. The summed E-state index contributed by atoms with van der Waals surface area (Å²) in [6.07, 6.45) is -4.56. The van der Waals surface area contributed by atoms with Crippen molar-refractivity contribution in [2.24, 2.45) is 0 Å². The zero-order valence-electron chi connectivity index (χ0n) is 10.5. The maximum atomic E-state index is 13.0. The van der Waals surface area contributed by atoms with Crippen molar-refractivity contribution in [2.45, 2.75) is 6.18 Å². The Balaban J connectivity index is 2.48. The van der Waals surface area contributed by atoms with Gasteiger partial charge in [-0.3, -0.25) is 0 Å². The molecule has 0 unspecified atom stereocenters. The Morgan fingerprint density at radius 1 is 1.10 bits per heavy atom. The van der Waals surface area contributed by atoms with Crippen molar-refractivity contribution >= 4 is 28.7 Å². The molecule has 2 aromatic rings. The van der Waals surface area contributed by atoms with Crippen molar-refractivity contribution < 1.29 is 13.2 Å². The second kappa shape index (κ2) is 5.54. The highest BCUT2D eigenvalue weighted by molar-refractivity contribution is 6.30. The molecule has 0 saturated heterocycles. The first-order valence-corrected chi connectivity index (χ1v) is 6.12. The summed E-state index contributed by atoms with van der Waals surface area (Å²) in [6.45, 7) is 0. The average molecular weight is 312 g/mol. The summed E-state index contributed by atoms with van der Waals surface area (Å²) >= 11 is 5.61. The van der Waals surface area contributed by atoms with Gasteiger partial charge in [0.05, 0.1) is 34.3 Å². The number of nitriles is 1. The van der Waals surface area contributed by atoms with Crippen LogP contribution in [-0.2, 0) is 6.18 Å². The lowest BCUT2D eigenvalue weighted by atomic mass is 10.1. The van der Waals surface area contributed by atoms with Crippen LogP contribution in [0.25, 0.3) is 0 Å². The summed E-state index contributed by atoms with van der Waals surface area (Å²) in [5.74, 6) is 0. The fourth-order valence-electron chi connectivity index (χ4n) is 1.74. The molecule has 0 aliphatic heterocycles. The molecule has 0 radical (unpaired) electrons. The van der Waals surface area contributed by atoms with E-state index in [2.05, 4.69) is 5.32 Å². The van der Waals surface area contributed by atoms with Crippen molar-refractivity contribution in [3.8, 4) is 6.07 Å². The van der Waals surface area contributed by atoms with Crippen LogP contribution >= 0.6 is 11.6 Å². The highest BCUT2D eigenvalue weighted by atomic mass is 35.5. The largest absolute Gasteiger partial charge is 0.418 e. The Bertz CT molecular complexity index is 720. The van der Waals surface area contributed by atoms with Crippen LogP contribution < -0.4 is 11.1 Å². The first kappa shape index (κ1) is 15.0. The molecule has 3 nitrogen and oxygen atoms in total. The molecular weight excluding hydrogens is 303 g/mol. The zero-order chi connectivity index (χ0) is 15.6. The maximum Gasteiger partial charge on any atom is 0.418 e. The molecule has 2 aromatic carbocycles. The molecule has 0 saturated carbocycles. The van der Waals surface area contributed by atoms with Crippen molar-refractivity contribution in [1.29, 1.82) is 5.26 Å². The van der Waals surface area contributed by atoms with Crippen LogP contribution in [-0.4, -0.2) is 0 Å². The molecule has 0 bridgehead atoms. The number of rotatable bonds is 2. The van der Waals surface area contributed by atoms with Crippen molar-refractivity contribution in [2.75, 3.05) is 11.1 Å². The van der Waals surface area contributed by atoms with E-state index < -0.39 is 11.7 Å². The van der Waals surface area contributed by atoms with E-state index in [1.165, 1.54) is 30.3 Å². The van der Waals surface area contributed by atoms with Gasteiger partial charge in [-0.05, 0) is 36.4 Å². The molecule has 0 fully saturated rings. The molecule has 21 heavy (non-hydrogen) atoms. The molecule has 7 heteroatoms. The van der Waals surface area contributed by atoms with Crippen LogP contribution in [0.5, 0.6) is 0 Å². The van der Waals surface area contributed by atoms with Gasteiger partial charge >= 0.3 is 6.18 Å². The number of alkyl halides is 3. The third kappa shape index (κ3) is 3.38. The van der Waals surface area contributed by atoms with E-state index in [0.29, 0.717) is 0 Å². The van der Waals surface area contributed by atoms with Gasteiger partial charge in [-0.25, -0.2) is 0 Å². The van der Waals surface area contributed by atoms with Crippen LogP contribution in [0, 0.1) is 11.3 Å². The molecule has 2 rings (SSSR count). The number of halogens is 4. The molecular formula is C14H9ClF3N3. The lowest BCUT2D eigenvalue weighted by Crippen LogP contribution is -2.09. The molecule has 0 spiro atoms. The van der Waals surface area contributed by atoms with Crippen molar-refractivity contribution in [3.63, 3.8) is 0 Å². The molecule has 0 aliphatic rings. The van der Waals surface area contributed by atoms with Crippen LogP contribution in [0.4, 0.5) is 30.2 Å². The minimum absolute atomic E-state index is 0.0216. The quantitative estimate of drug-likeness (QED) is 0.799. The van der Waals surface area contributed by atoms with Gasteiger partial charge < -0.3 is 11.1 Å². The number of hydrogen-bond donors (Lipinski definition) is 2. The minimum atomic E-state index is -4.56. The van der Waals surface area contributed by atoms with E-state index in [4.69, 9.17) is 22.6 Å². The van der Waals surface area contributed by atoms with E-state index in [0.717, 1.165) is 6.07 Å². The standard InChI is InChI=1S/C14H9ClF3N3/c15-9-2-4-12(10(6-9)14(16,17)18)21-13-5-8(7-19)1-3-11(13)20/h1-6,21H,20H2. The number of nitrogens with one attached hydrogen (secondary N) is 1. The highest BCUT2D eigenvalue weighted by Crippen LogP contribution is 2.38. The smallest absolute Gasteiger partial charge is 0.397 e. The van der Waals surface area contributed by atoms with Crippen LogP contribution in [0.3, 0.4) is 0 Å². The van der Waals surface area contributed by atoms with Crippen molar-refractivity contribution in [3.05, 3.63) is 52.5 Å². The Morgan fingerprint density at radius 2 is 1.81 bits per heavy atom. The number of anilines is 3. The van der Waals surface area contributed by atoms with E-state index in [1.54, 1.807) is 0 Å². The fraction of sp³-hybridized carbons (Fsp3) is 0.0714. The SMILES string of the molecule is N#Cc1ccc(N)c(Nc2ccc(Cl)cc2C(F)(F)F)c1. The average Bonchev–Trinajstić information content (AvgIpc) is 2.42. The first-order chi connectivity index (χ1) is 9.81. The van der Waals surface area contributed by atoms with Gasteiger partial charge in [0, 0.05) is 5.02 Å². The van der Waals surface area contributed by atoms with Crippen LogP contribution in [0.15, 0.2) is 36.4 Å². The third-order valence-corrected chi connectivity index (χ3v) is 2.97. The molecule has 3 N–H and O–H groups in total. The lowest BCUT2D eigenvalue weighted by Gasteiger charge is -2.16. The van der Waals surface area contributed by atoms with Crippen LogP contribution in [0.1, 0.15) is 11.1 Å². The normalized spacial score (nSPS) is 11.0. The van der Waals surface area contributed by atoms with Gasteiger partial charge in [0.25, 0.3) is 0 Å². The predicted octanol–water partition coefficient (Wildman–Crippen LogP) is 4.56. The fourth-order valence-corrected chi connectivity index (χ4v) is 1.91. The van der Waals surface area contributed by atoms with Gasteiger partial charge in [0.15, 0.2) is 0 Å². The summed E-state index contributed by atoms with van der Waals surface area (Å²) in [5.41, 5.74) is 5.35. The Morgan fingerprint density at radius 3 is 2.43 bits per heavy atom. The first-order valence-electron chi connectivity index (χ1n) is 5.74. The van der Waals surface area contributed by atoms with E-state index in [-0.39, 0.29) is 27.6 Å². The summed E-state index contributed by atoms with van der Waals surface area (Å²) in [7, 11) is 0. The van der Waals surface area contributed by atoms with E-state index in [9.17, 15) is 13.2 Å². The van der Waals surface area contributed by atoms with Gasteiger partial charge in [0.1, 0.15) is 0 Å². The van der Waals surface area contributed by atoms with Gasteiger partial charge in [-0.15, -0.1) is 0 Å². The summed E-state index contributed by atoms with van der Waals surface area (Å²) < 4.78 is 39.0. The Hall–Kier alpha value is -2.39. The lowest BCUT2D eigenvalue weighted by molar-refractivity contribution is -0.136. The summed E-state index contributed by atoms with van der Waals surface area (Å²) in [5, 5.41) is 11.4. The number of hydrogen-bond acceptors (Lipinski definition) is 3. The third-order valence-electron chi connectivity index (χ3n) is 2.74. The number of benzene rings is 2. The summed E-state index contributed by atoms with van der Waals surface area (Å²) in [6, 6.07) is 9.58. The monoisotopic (exact) mass is 311 g/mol. The topological polar surface area (TPSA) is 61.8 Å². The number of nitrogen functional groups attached to an aromatic ring is 1. The maximum absolute atomic E-state index is 13.0. The van der Waals surface area contributed by atoms with E-state index in [1.807, 2.05) is 6.07 Å². The zero-order valence-corrected chi connectivity index (χ0v) is 11.3. The highest BCUT2D eigenvalue weighted by Gasteiger charge is 2.33. The molecule has 0 aliphatic carbocycles. The predicted molar refractivity (Wildman–Crippen MR) is 75.3 cm³/mol. The van der Waals surface area contributed by atoms with Gasteiger partial charge in [-0.1, -0.05) is 11.6 Å². The van der Waals surface area contributed by atoms with Gasteiger partial charge in [0.2, 0.25) is 0 Å². The molecule has 0 aromatic heterocycles. The Labute approximate surface area is 123 Å². The second-order valence-electron chi connectivity index (χ2n) is 4.23. The molecule has 108 valence electrons. The Kier molecular flexibility index (Phi) is 3.96. The molecule has 0 heterocycles. The second-order valence-corrected chi connectivity index (χ2v) is 4.66. The van der Waals surface area contributed by atoms with Gasteiger partial charge in [-0.2, -0.15) is 18.4 Å². The minimum Gasteiger partial charge on any atom is -0.397 e. The number of nitrogens with two attached hydrogens (primary N) is 1. The summed E-state index contributed by atoms with van der Waals surface area (Å²) in [4.78, 5) is 0. The van der Waals surface area contributed by atoms with E-state index >= 15 is 0 Å². The molecule has 0 amide bonds.